The lowest BCUT2D eigenvalue weighted by Crippen LogP contribution is -2.38. The van der Waals surface area contributed by atoms with Crippen LogP contribution in [0.15, 0.2) is 18.2 Å². The number of hydrogen-bond donors (Lipinski definition) is 2. The van der Waals surface area contributed by atoms with Gasteiger partial charge in [0.05, 0.1) is 23.6 Å². The summed E-state index contributed by atoms with van der Waals surface area (Å²) in [5, 5.41) is 2.84. The van der Waals surface area contributed by atoms with Crippen LogP contribution < -0.4 is 5.32 Å². The molecule has 7 heteroatoms. The lowest BCUT2D eigenvalue weighted by atomic mass is 10.2. The normalized spacial score (nSPS) is 15.9. The number of amides is 2. The van der Waals surface area contributed by atoms with Crippen molar-refractivity contribution in [2.24, 2.45) is 0 Å². The predicted molar refractivity (Wildman–Crippen MR) is 80.3 cm³/mol. The summed E-state index contributed by atoms with van der Waals surface area (Å²) >= 11 is 0. The van der Waals surface area contributed by atoms with Crippen LogP contribution in [-0.2, 0) is 9.53 Å². The van der Waals surface area contributed by atoms with Crippen molar-refractivity contribution in [2.75, 3.05) is 19.7 Å². The van der Waals surface area contributed by atoms with Crippen molar-refractivity contribution >= 4 is 23.0 Å². The number of fused-ring (bicyclic) bond motifs is 1. The van der Waals surface area contributed by atoms with Crippen LogP contribution in [0.4, 0.5) is 4.79 Å². The Morgan fingerprint density at radius 2 is 2.36 bits per heavy atom. The van der Waals surface area contributed by atoms with E-state index in [-0.39, 0.29) is 18.5 Å². The lowest BCUT2D eigenvalue weighted by molar-refractivity contribution is -0.122. The molecule has 1 aliphatic heterocycles. The van der Waals surface area contributed by atoms with Crippen molar-refractivity contribution in [1.29, 1.82) is 0 Å². The van der Waals surface area contributed by atoms with E-state index in [1.807, 2.05) is 32.0 Å². The van der Waals surface area contributed by atoms with Gasteiger partial charge in [0.2, 0.25) is 5.91 Å². The predicted octanol–water partition coefficient (Wildman–Crippen LogP) is 1.50. The third-order valence-electron chi connectivity index (χ3n) is 3.62. The molecule has 0 unspecified atom stereocenters. The Labute approximate surface area is 127 Å². The first kappa shape index (κ1) is 14.4. The third-order valence-corrected chi connectivity index (χ3v) is 3.62. The number of rotatable bonds is 4. The zero-order valence-electron chi connectivity index (χ0n) is 12.5. The molecule has 1 fully saturated rings. The van der Waals surface area contributed by atoms with E-state index in [4.69, 9.17) is 4.74 Å². The van der Waals surface area contributed by atoms with Gasteiger partial charge >= 0.3 is 6.09 Å². The molecule has 2 aromatic rings. The van der Waals surface area contributed by atoms with Crippen LogP contribution in [0.2, 0.25) is 0 Å². The van der Waals surface area contributed by atoms with Crippen molar-refractivity contribution in [3.8, 4) is 0 Å². The summed E-state index contributed by atoms with van der Waals surface area (Å²) < 4.78 is 4.80. The van der Waals surface area contributed by atoms with Gasteiger partial charge in [0.15, 0.2) is 0 Å². The molecule has 1 aromatic carbocycles. The number of cyclic esters (lactones) is 1. The Hall–Kier alpha value is -2.57. The fraction of sp³-hybridized carbons (Fsp3) is 0.400. The molecule has 0 aliphatic carbocycles. The zero-order valence-corrected chi connectivity index (χ0v) is 12.5. The van der Waals surface area contributed by atoms with E-state index in [9.17, 15) is 9.59 Å². The van der Waals surface area contributed by atoms with E-state index >= 15 is 0 Å². The summed E-state index contributed by atoms with van der Waals surface area (Å²) in [6.07, 6.45) is -0.443. The van der Waals surface area contributed by atoms with E-state index in [0.717, 1.165) is 16.6 Å². The highest BCUT2D eigenvalue weighted by Gasteiger charge is 2.25. The fourth-order valence-corrected chi connectivity index (χ4v) is 2.45. The Bertz CT molecular complexity index is 725. The fourth-order valence-electron chi connectivity index (χ4n) is 2.45. The van der Waals surface area contributed by atoms with Crippen LogP contribution >= 0.6 is 0 Å². The molecule has 1 aromatic heterocycles. The summed E-state index contributed by atoms with van der Waals surface area (Å²) in [6, 6.07) is 5.69. The molecule has 0 bridgehead atoms. The highest BCUT2D eigenvalue weighted by atomic mass is 16.6. The summed E-state index contributed by atoms with van der Waals surface area (Å²) in [5.41, 5.74) is 2.95. The number of imidazole rings is 1. The lowest BCUT2D eigenvalue weighted by Gasteiger charge is -2.15. The van der Waals surface area contributed by atoms with Gasteiger partial charge in [-0.15, -0.1) is 0 Å². The molecular weight excluding hydrogens is 284 g/mol. The largest absolute Gasteiger partial charge is 0.448 e. The van der Waals surface area contributed by atoms with Gasteiger partial charge in [0.25, 0.3) is 0 Å². The number of H-pyrrole nitrogens is 1. The first-order valence-corrected chi connectivity index (χ1v) is 7.20. The van der Waals surface area contributed by atoms with Gasteiger partial charge < -0.3 is 15.0 Å². The van der Waals surface area contributed by atoms with Crippen LogP contribution in [0, 0.1) is 6.92 Å². The quantitative estimate of drug-likeness (QED) is 0.896. The Balaban J connectivity index is 1.66. The highest BCUT2D eigenvalue weighted by Crippen LogP contribution is 2.17. The number of aryl methyl sites for hydroxylation is 1. The van der Waals surface area contributed by atoms with E-state index in [0.29, 0.717) is 19.0 Å². The molecule has 2 amide bonds. The molecular formula is C15H18N4O3. The molecule has 1 aliphatic rings. The van der Waals surface area contributed by atoms with Gasteiger partial charge in [-0.1, -0.05) is 6.07 Å². The second-order valence-corrected chi connectivity index (χ2v) is 5.47. The monoisotopic (exact) mass is 302 g/mol. The molecule has 2 heterocycles. The summed E-state index contributed by atoms with van der Waals surface area (Å²) in [6.45, 7) is 4.66. The van der Waals surface area contributed by atoms with Crippen molar-refractivity contribution in [3.63, 3.8) is 0 Å². The van der Waals surface area contributed by atoms with Crippen molar-refractivity contribution in [2.45, 2.75) is 19.9 Å². The van der Waals surface area contributed by atoms with Crippen LogP contribution in [0.25, 0.3) is 11.0 Å². The number of ether oxygens (including phenoxy) is 1. The number of hydrogen-bond acceptors (Lipinski definition) is 4. The van der Waals surface area contributed by atoms with Crippen molar-refractivity contribution < 1.29 is 14.3 Å². The highest BCUT2D eigenvalue weighted by molar-refractivity contribution is 5.83. The molecule has 7 nitrogen and oxygen atoms in total. The van der Waals surface area contributed by atoms with Gasteiger partial charge in [0, 0.05) is 0 Å². The molecule has 0 saturated carbocycles. The van der Waals surface area contributed by atoms with Gasteiger partial charge in [0.1, 0.15) is 19.0 Å². The average molecular weight is 302 g/mol. The zero-order chi connectivity index (χ0) is 15.7. The molecule has 2 N–H and O–H groups in total. The third kappa shape index (κ3) is 2.88. The van der Waals surface area contributed by atoms with Crippen LogP contribution in [0.1, 0.15) is 24.4 Å². The van der Waals surface area contributed by atoms with E-state index in [1.54, 1.807) is 0 Å². The number of benzene rings is 1. The number of nitrogens with zero attached hydrogens (tertiary/aromatic N) is 2. The maximum atomic E-state index is 12.0. The van der Waals surface area contributed by atoms with Crippen LogP contribution in [0.3, 0.4) is 0 Å². The number of aromatic amines is 1. The van der Waals surface area contributed by atoms with Gasteiger partial charge in [-0.25, -0.2) is 9.78 Å². The van der Waals surface area contributed by atoms with Crippen molar-refractivity contribution in [3.05, 3.63) is 29.6 Å². The van der Waals surface area contributed by atoms with Crippen LogP contribution in [0.5, 0.6) is 0 Å². The van der Waals surface area contributed by atoms with Gasteiger partial charge in [-0.3, -0.25) is 9.69 Å². The number of nitrogens with one attached hydrogen (secondary N) is 2. The smallest absolute Gasteiger partial charge is 0.410 e. The molecule has 1 saturated heterocycles. The minimum Gasteiger partial charge on any atom is -0.448 e. The van der Waals surface area contributed by atoms with E-state index < -0.39 is 6.09 Å². The van der Waals surface area contributed by atoms with E-state index in [1.165, 1.54) is 4.90 Å². The molecule has 22 heavy (non-hydrogen) atoms. The van der Waals surface area contributed by atoms with Crippen molar-refractivity contribution in [1.82, 2.24) is 20.2 Å². The standard InChI is InChI=1S/C15H18N4O3/c1-9-3-4-11-12(7-9)18-14(17-11)10(2)16-13(20)8-19-5-6-22-15(19)21/h3-4,7,10H,5-6,8H2,1-2H3,(H,16,20)(H,17,18)/t10-/m0/s1. The molecule has 116 valence electrons. The molecule has 0 radical (unpaired) electrons. The molecule has 0 spiro atoms. The first-order valence-electron chi connectivity index (χ1n) is 7.20. The summed E-state index contributed by atoms with van der Waals surface area (Å²) in [7, 11) is 0. The van der Waals surface area contributed by atoms with Gasteiger partial charge in [-0.05, 0) is 31.5 Å². The first-order chi connectivity index (χ1) is 10.5. The second kappa shape index (κ2) is 5.67. The maximum absolute atomic E-state index is 12.0. The minimum atomic E-state index is -0.443. The summed E-state index contributed by atoms with van der Waals surface area (Å²) in [5.74, 6) is 0.459. The molecule has 1 atom stereocenters. The summed E-state index contributed by atoms with van der Waals surface area (Å²) in [4.78, 5) is 32.4. The maximum Gasteiger partial charge on any atom is 0.410 e. The number of aromatic nitrogens is 2. The number of carbonyl (C=O) groups excluding carboxylic acids is 2. The minimum absolute atomic E-state index is 0.00249. The van der Waals surface area contributed by atoms with E-state index in [2.05, 4.69) is 15.3 Å². The molecule has 3 rings (SSSR count). The number of carbonyl (C=O) groups is 2. The average Bonchev–Trinajstić information content (AvgIpc) is 3.05. The SMILES string of the molecule is Cc1ccc2nc([C@H](C)NC(=O)CN3CCOC3=O)[nH]c2c1. The Kier molecular flexibility index (Phi) is 3.70. The van der Waals surface area contributed by atoms with Gasteiger partial charge in [-0.2, -0.15) is 0 Å². The topological polar surface area (TPSA) is 87.3 Å². The second-order valence-electron chi connectivity index (χ2n) is 5.47. The Morgan fingerprint density at radius 3 is 3.09 bits per heavy atom. The Morgan fingerprint density at radius 1 is 1.55 bits per heavy atom. The van der Waals surface area contributed by atoms with Crippen LogP contribution in [-0.4, -0.2) is 46.6 Å².